The molecule has 0 aliphatic carbocycles. The molecule has 0 bridgehead atoms. The van der Waals surface area contributed by atoms with Gasteiger partial charge in [-0.1, -0.05) is 162 Å². The molecule has 4 spiro atoms. The first kappa shape index (κ1) is 73.7. The minimum absolute atomic E-state index is 0.108. The van der Waals surface area contributed by atoms with Gasteiger partial charge in [-0.15, -0.1) is 0 Å². The van der Waals surface area contributed by atoms with Crippen molar-refractivity contribution in [3.8, 4) is 0 Å². The van der Waals surface area contributed by atoms with Gasteiger partial charge in [0.2, 0.25) is 0 Å². The lowest BCUT2D eigenvalue weighted by Crippen LogP contribution is -2.62. The Kier molecular flexibility index (Phi) is 27.4. The lowest BCUT2D eigenvalue weighted by atomic mass is 9.87. The molecule has 16 nitrogen and oxygen atoms in total. The summed E-state index contributed by atoms with van der Waals surface area (Å²) in [4.78, 5) is 66.6. The quantitative estimate of drug-likeness (QED) is 0.0940. The van der Waals surface area contributed by atoms with Crippen molar-refractivity contribution in [1.82, 2.24) is 39.2 Å². The summed E-state index contributed by atoms with van der Waals surface area (Å²) >= 11 is 0. The van der Waals surface area contributed by atoms with Gasteiger partial charge in [-0.2, -0.15) is 0 Å². The van der Waals surface area contributed by atoms with Gasteiger partial charge in [0.25, 0.3) is 23.6 Å². The number of hydrogen-bond donors (Lipinski definition) is 0. The number of unbranched alkanes of at least 4 members (excludes halogenated alkanes) is 1. The first-order valence-electron chi connectivity index (χ1n) is 36.6. The molecule has 95 heavy (non-hydrogen) atoms. The lowest BCUT2D eigenvalue weighted by molar-refractivity contribution is -0.197. The molecule has 0 N–H and O–H groups in total. The molecule has 0 aromatic heterocycles. The monoisotopic (exact) mass is 1310 g/mol. The zero-order valence-electron chi connectivity index (χ0n) is 59.6. The van der Waals surface area contributed by atoms with Crippen LogP contribution in [0, 0.1) is 5.92 Å². The number of morpholine rings is 4. The van der Waals surface area contributed by atoms with E-state index < -0.39 is 0 Å². The highest BCUT2D eigenvalue weighted by Gasteiger charge is 2.49. The molecular weight excluding hydrogens is 1190 g/mol. The third kappa shape index (κ3) is 20.8. The molecule has 4 aromatic carbocycles. The number of hydrogen-bond acceptors (Lipinski definition) is 12. The number of rotatable bonds is 18. The normalized spacial score (nSPS) is 24.7. The number of benzene rings is 4. The molecule has 4 unspecified atom stereocenters. The highest BCUT2D eigenvalue weighted by atomic mass is 16.5. The van der Waals surface area contributed by atoms with Crippen LogP contribution in [0.3, 0.4) is 0 Å². The summed E-state index contributed by atoms with van der Waals surface area (Å²) < 4.78 is 25.1. The minimum Gasteiger partial charge on any atom is -0.360 e. The first-order chi connectivity index (χ1) is 45.8. The number of carbonyl (C=O) groups is 4. The van der Waals surface area contributed by atoms with Crippen LogP contribution in [0.2, 0.25) is 0 Å². The molecule has 8 fully saturated rings. The summed E-state index contributed by atoms with van der Waals surface area (Å²) in [6.45, 7) is 29.0. The van der Waals surface area contributed by atoms with E-state index >= 15 is 0 Å². The zero-order valence-corrected chi connectivity index (χ0v) is 59.6. The second kappa shape index (κ2) is 35.3. The molecule has 0 radical (unpaired) electrons. The summed E-state index contributed by atoms with van der Waals surface area (Å²) in [5.74, 6) is 0.829. The Balaban J connectivity index is 0.000000149. The Bertz CT molecular complexity index is 2930. The second-order valence-corrected chi connectivity index (χ2v) is 29.3. The molecule has 8 heterocycles. The topological polar surface area (TPSA) is 131 Å². The maximum atomic E-state index is 12.6. The van der Waals surface area contributed by atoms with Gasteiger partial charge in [0.1, 0.15) is 24.4 Å². The van der Waals surface area contributed by atoms with E-state index in [-0.39, 0.29) is 76.4 Å². The fourth-order valence-corrected chi connectivity index (χ4v) is 15.6. The third-order valence-corrected chi connectivity index (χ3v) is 21.7. The molecular formula is C79H118N8O8. The minimum atomic E-state index is -0.297. The molecule has 8 aliphatic rings. The first-order valence-corrected chi connectivity index (χ1v) is 36.6. The number of ether oxygens (including phenoxy) is 4. The fourth-order valence-electron chi connectivity index (χ4n) is 15.6. The predicted molar refractivity (Wildman–Crippen MR) is 379 cm³/mol. The summed E-state index contributed by atoms with van der Waals surface area (Å²) in [6, 6.07) is 42.7. The fraction of sp³-hybridized carbons (Fsp3) is 0.646. The molecule has 12 rings (SSSR count). The summed E-state index contributed by atoms with van der Waals surface area (Å²) in [5, 5.41) is 0. The Morgan fingerprint density at radius 1 is 0.411 bits per heavy atom. The van der Waals surface area contributed by atoms with E-state index in [2.05, 4.69) is 169 Å². The van der Waals surface area contributed by atoms with Gasteiger partial charge < -0.3 is 58.1 Å². The average molecular weight is 1310 g/mol. The van der Waals surface area contributed by atoms with Crippen LogP contribution in [0.5, 0.6) is 0 Å². The third-order valence-electron chi connectivity index (χ3n) is 21.7. The van der Waals surface area contributed by atoms with Crippen LogP contribution in [-0.2, 0) is 63.8 Å². The van der Waals surface area contributed by atoms with Crippen LogP contribution < -0.4 is 0 Å². The maximum Gasteiger partial charge on any atom is 0.251 e. The molecule has 522 valence electrons. The number of amides is 4. The van der Waals surface area contributed by atoms with E-state index in [1.165, 1.54) is 22.3 Å². The van der Waals surface area contributed by atoms with Crippen molar-refractivity contribution in [3.63, 3.8) is 0 Å². The van der Waals surface area contributed by atoms with Crippen molar-refractivity contribution in [2.45, 2.75) is 191 Å². The van der Waals surface area contributed by atoms with Crippen molar-refractivity contribution < 1.29 is 38.1 Å². The van der Waals surface area contributed by atoms with Gasteiger partial charge in [0, 0.05) is 132 Å². The molecule has 16 heteroatoms. The Hall–Kier alpha value is -5.56. The van der Waals surface area contributed by atoms with Gasteiger partial charge in [-0.05, 0) is 132 Å². The van der Waals surface area contributed by atoms with Gasteiger partial charge in [-0.3, -0.25) is 19.2 Å². The Labute approximate surface area is 571 Å². The summed E-state index contributed by atoms with van der Waals surface area (Å²) in [6.07, 6.45) is 15.4. The zero-order chi connectivity index (χ0) is 67.4. The SMILES string of the molecule is CC(C)C1OC2(CCN(CCc3ccccc3)CC2)CN(C)C1=O.CC1OC2(CCN(CCc3ccccc3)CC2)CN(C)C1=O.CCC1OC2(CCN(CCc3ccccc3)CC2)CN(C)C1=O.CCCCC1OC2(CCN(CCc3ccccc3)CC2)CN(CC)C1=O. The van der Waals surface area contributed by atoms with Crippen molar-refractivity contribution in [2.75, 3.05) is 132 Å². The Morgan fingerprint density at radius 2 is 0.737 bits per heavy atom. The molecule has 0 saturated carbocycles. The van der Waals surface area contributed by atoms with Crippen LogP contribution in [0.4, 0.5) is 0 Å². The van der Waals surface area contributed by atoms with Gasteiger partial charge in [0.05, 0.1) is 22.4 Å². The average Bonchev–Trinajstić information content (AvgIpc) is 0.815. The number of carbonyl (C=O) groups excluding carboxylic acids is 4. The van der Waals surface area contributed by atoms with Crippen molar-refractivity contribution in [1.29, 1.82) is 0 Å². The number of likely N-dealkylation sites (N-methyl/N-ethyl adjacent to an activating group) is 4. The second-order valence-electron chi connectivity index (χ2n) is 29.3. The van der Waals surface area contributed by atoms with E-state index in [4.69, 9.17) is 18.9 Å². The maximum absolute atomic E-state index is 12.6. The van der Waals surface area contributed by atoms with Gasteiger partial charge in [-0.25, -0.2) is 0 Å². The van der Waals surface area contributed by atoms with Crippen LogP contribution in [0.25, 0.3) is 0 Å². The number of likely N-dealkylation sites (tertiary alicyclic amines) is 4. The molecule has 4 atom stereocenters. The highest BCUT2D eigenvalue weighted by Crippen LogP contribution is 2.38. The molecule has 4 aromatic rings. The van der Waals surface area contributed by atoms with Crippen LogP contribution in [-0.4, -0.2) is 242 Å². The number of nitrogens with zero attached hydrogens (tertiary/aromatic N) is 8. The lowest BCUT2D eigenvalue weighted by Gasteiger charge is -2.49. The van der Waals surface area contributed by atoms with Gasteiger partial charge in [0.15, 0.2) is 0 Å². The Morgan fingerprint density at radius 3 is 1.07 bits per heavy atom. The predicted octanol–water partition coefficient (Wildman–Crippen LogP) is 10.3. The number of piperidine rings is 4. The van der Waals surface area contributed by atoms with E-state index in [9.17, 15) is 19.2 Å². The van der Waals surface area contributed by atoms with Crippen molar-refractivity contribution in [2.24, 2.45) is 5.92 Å². The van der Waals surface area contributed by atoms with Crippen LogP contribution in [0.1, 0.15) is 141 Å². The van der Waals surface area contributed by atoms with E-state index in [1.807, 2.05) is 54.6 Å². The summed E-state index contributed by atoms with van der Waals surface area (Å²) in [7, 11) is 5.73. The highest BCUT2D eigenvalue weighted by molar-refractivity contribution is 5.83. The van der Waals surface area contributed by atoms with E-state index in [0.717, 1.165) is 214 Å². The summed E-state index contributed by atoms with van der Waals surface area (Å²) in [5.41, 5.74) is 5.11. The smallest absolute Gasteiger partial charge is 0.251 e. The molecule has 4 amide bonds. The van der Waals surface area contributed by atoms with Crippen molar-refractivity contribution >= 4 is 23.6 Å². The van der Waals surface area contributed by atoms with Crippen LogP contribution >= 0.6 is 0 Å². The molecule has 8 saturated heterocycles. The van der Waals surface area contributed by atoms with E-state index in [1.54, 1.807) is 0 Å². The van der Waals surface area contributed by atoms with E-state index in [0.29, 0.717) is 0 Å². The standard InChI is InChI=1S/C22H34N2O2.C20H30N2O2.C19H28N2O2.C18H26N2O2/c1-3-5-11-20-21(25)24(4-2)18-22(26-20)13-16-23(17-14-22)15-12-19-9-7-6-8-10-19;1-16(2)18-19(23)21(3)15-20(24-18)10-13-22(14-11-20)12-9-17-7-5-4-6-8-17;1-3-17-18(22)20(2)15-19(23-17)10-13-21(14-11-19)12-9-16-7-5-4-6-8-16;1-15-17(21)19(2)14-18(22-15)9-12-20(13-10-18)11-8-16-6-4-3-5-7-16/h6-10,20H,3-5,11-18H2,1-2H3;4-8,16,18H,9-15H2,1-3H3;4-8,17H,3,9-15H2,1-2H3;3-7,15H,8-14H2,1-2H3. The van der Waals surface area contributed by atoms with Crippen molar-refractivity contribution in [3.05, 3.63) is 144 Å². The molecule has 8 aliphatic heterocycles. The largest absolute Gasteiger partial charge is 0.360 e. The van der Waals surface area contributed by atoms with Gasteiger partial charge >= 0.3 is 0 Å². The van der Waals surface area contributed by atoms with Crippen LogP contribution in [0.15, 0.2) is 121 Å².